The van der Waals surface area contributed by atoms with Crippen molar-refractivity contribution in [2.45, 2.75) is 57.9 Å². The van der Waals surface area contributed by atoms with E-state index in [-0.39, 0.29) is 17.9 Å². The third-order valence-electron chi connectivity index (χ3n) is 3.73. The van der Waals surface area contributed by atoms with Crippen molar-refractivity contribution in [3.63, 3.8) is 0 Å². The molecule has 7 nitrogen and oxygen atoms in total. The minimum Gasteiger partial charge on any atom is -0.480 e. The third-order valence-corrected chi connectivity index (χ3v) is 5.49. The van der Waals surface area contributed by atoms with Crippen molar-refractivity contribution < 1.29 is 23.1 Å². The van der Waals surface area contributed by atoms with Gasteiger partial charge < -0.3 is 10.4 Å². The molecule has 0 aliphatic heterocycles. The van der Waals surface area contributed by atoms with Crippen molar-refractivity contribution in [1.29, 1.82) is 0 Å². The first-order chi connectivity index (χ1) is 11.6. The van der Waals surface area contributed by atoms with Gasteiger partial charge in [0.1, 0.15) is 6.04 Å². The summed E-state index contributed by atoms with van der Waals surface area (Å²) < 4.78 is 27.3. The van der Waals surface area contributed by atoms with E-state index in [0.717, 1.165) is 5.56 Å². The molecule has 0 bridgehead atoms. The zero-order valence-electron chi connectivity index (χ0n) is 15.0. The Balaban J connectivity index is 2.69. The standard InChI is InChI=1S/C17H26N2O5S/c1-5-6-14(17(21)22)19-15(20)7-8-18-25(23,24)16-12(3)9-11(2)10-13(16)4/h9-10,14,18H,5-8H2,1-4H3,(H,19,20)(H,21,22). The molecule has 3 N–H and O–H groups in total. The van der Waals surface area contributed by atoms with Gasteiger partial charge in [0.25, 0.3) is 0 Å². The fourth-order valence-corrected chi connectivity index (χ4v) is 4.26. The highest BCUT2D eigenvalue weighted by molar-refractivity contribution is 7.89. The molecule has 0 aromatic heterocycles. The van der Waals surface area contributed by atoms with Crippen LogP contribution in [0.25, 0.3) is 0 Å². The first kappa shape index (κ1) is 21.1. The molecule has 1 amide bonds. The lowest BCUT2D eigenvalue weighted by atomic mass is 10.1. The van der Waals surface area contributed by atoms with Gasteiger partial charge in [0, 0.05) is 13.0 Å². The molecule has 1 aromatic rings. The molecule has 1 rings (SSSR count). The van der Waals surface area contributed by atoms with Crippen LogP contribution in [-0.2, 0) is 19.6 Å². The van der Waals surface area contributed by atoms with E-state index in [1.807, 2.05) is 13.8 Å². The van der Waals surface area contributed by atoms with Crippen molar-refractivity contribution in [3.05, 3.63) is 28.8 Å². The number of nitrogens with one attached hydrogen (secondary N) is 2. The number of rotatable bonds is 9. The fourth-order valence-electron chi connectivity index (χ4n) is 2.77. The monoisotopic (exact) mass is 370 g/mol. The molecular formula is C17H26N2O5S. The molecule has 0 heterocycles. The van der Waals surface area contributed by atoms with Crippen LogP contribution in [0, 0.1) is 20.8 Å². The maximum atomic E-state index is 12.5. The predicted molar refractivity (Wildman–Crippen MR) is 94.9 cm³/mol. The summed E-state index contributed by atoms with van der Waals surface area (Å²) in [5, 5.41) is 11.4. The number of carbonyl (C=O) groups is 2. The van der Waals surface area contributed by atoms with E-state index in [1.54, 1.807) is 26.0 Å². The first-order valence-electron chi connectivity index (χ1n) is 8.18. The number of sulfonamides is 1. The number of hydrogen-bond donors (Lipinski definition) is 3. The summed E-state index contributed by atoms with van der Waals surface area (Å²) in [6.07, 6.45) is 0.821. The van der Waals surface area contributed by atoms with E-state index in [4.69, 9.17) is 5.11 Å². The molecule has 0 fully saturated rings. The van der Waals surface area contributed by atoms with Crippen molar-refractivity contribution in [1.82, 2.24) is 10.0 Å². The van der Waals surface area contributed by atoms with E-state index in [0.29, 0.717) is 24.0 Å². The van der Waals surface area contributed by atoms with Crippen molar-refractivity contribution in [3.8, 4) is 0 Å². The van der Waals surface area contributed by atoms with E-state index in [9.17, 15) is 18.0 Å². The number of aryl methyl sites for hydroxylation is 3. The Bertz CT molecular complexity index is 720. The second-order valence-corrected chi connectivity index (χ2v) is 7.83. The molecule has 0 aliphatic carbocycles. The molecular weight excluding hydrogens is 344 g/mol. The summed E-state index contributed by atoms with van der Waals surface area (Å²) in [5.41, 5.74) is 2.26. The summed E-state index contributed by atoms with van der Waals surface area (Å²) in [4.78, 5) is 23.1. The topological polar surface area (TPSA) is 113 Å². The summed E-state index contributed by atoms with van der Waals surface area (Å²) in [7, 11) is -3.74. The SMILES string of the molecule is CCCC(NC(=O)CCNS(=O)(=O)c1c(C)cc(C)cc1C)C(=O)O. The lowest BCUT2D eigenvalue weighted by molar-refractivity contribution is -0.142. The van der Waals surface area contributed by atoms with Crippen LogP contribution in [0.4, 0.5) is 0 Å². The molecule has 0 spiro atoms. The van der Waals surface area contributed by atoms with Crippen molar-refractivity contribution >= 4 is 21.9 Å². The molecule has 0 radical (unpaired) electrons. The summed E-state index contributed by atoms with van der Waals surface area (Å²) in [6, 6.07) is 2.63. The average molecular weight is 370 g/mol. The van der Waals surface area contributed by atoms with E-state index < -0.39 is 27.9 Å². The number of amides is 1. The summed E-state index contributed by atoms with van der Waals surface area (Å²) in [5.74, 6) is -1.59. The van der Waals surface area contributed by atoms with Crippen LogP contribution in [-0.4, -0.2) is 38.0 Å². The summed E-state index contributed by atoms with van der Waals surface area (Å²) in [6.45, 7) is 7.07. The first-order valence-corrected chi connectivity index (χ1v) is 9.66. The Hall–Kier alpha value is -1.93. The highest BCUT2D eigenvalue weighted by Gasteiger charge is 2.21. The van der Waals surface area contributed by atoms with Crippen LogP contribution < -0.4 is 10.0 Å². The van der Waals surface area contributed by atoms with Crippen LogP contribution in [0.1, 0.15) is 42.9 Å². The molecule has 8 heteroatoms. The van der Waals surface area contributed by atoms with Crippen LogP contribution >= 0.6 is 0 Å². The molecule has 0 saturated heterocycles. The lowest BCUT2D eigenvalue weighted by Crippen LogP contribution is -2.41. The van der Waals surface area contributed by atoms with Crippen molar-refractivity contribution in [2.75, 3.05) is 6.54 Å². The largest absolute Gasteiger partial charge is 0.480 e. The van der Waals surface area contributed by atoms with Crippen LogP contribution in [0.3, 0.4) is 0 Å². The van der Waals surface area contributed by atoms with Crippen LogP contribution in [0.5, 0.6) is 0 Å². The van der Waals surface area contributed by atoms with Crippen LogP contribution in [0.15, 0.2) is 17.0 Å². The number of carbonyl (C=O) groups excluding carboxylic acids is 1. The Morgan fingerprint density at radius 2 is 1.72 bits per heavy atom. The Morgan fingerprint density at radius 1 is 1.16 bits per heavy atom. The van der Waals surface area contributed by atoms with Gasteiger partial charge in [-0.2, -0.15) is 0 Å². The third kappa shape index (κ3) is 6.13. The van der Waals surface area contributed by atoms with Gasteiger partial charge in [-0.3, -0.25) is 4.79 Å². The number of aliphatic carboxylic acids is 1. The maximum Gasteiger partial charge on any atom is 0.326 e. The second-order valence-electron chi connectivity index (χ2n) is 6.12. The van der Waals surface area contributed by atoms with Gasteiger partial charge in [0.05, 0.1) is 4.90 Å². The zero-order chi connectivity index (χ0) is 19.2. The van der Waals surface area contributed by atoms with E-state index in [2.05, 4.69) is 10.0 Å². The van der Waals surface area contributed by atoms with E-state index in [1.165, 1.54) is 0 Å². The number of carboxylic acid groups (broad SMARTS) is 1. The Labute approximate surface area is 148 Å². The zero-order valence-corrected chi connectivity index (χ0v) is 15.9. The number of benzene rings is 1. The van der Waals surface area contributed by atoms with Gasteiger partial charge in [0.15, 0.2) is 0 Å². The molecule has 140 valence electrons. The summed E-state index contributed by atoms with van der Waals surface area (Å²) >= 11 is 0. The Morgan fingerprint density at radius 3 is 2.20 bits per heavy atom. The molecule has 1 aromatic carbocycles. The van der Waals surface area contributed by atoms with Crippen LogP contribution in [0.2, 0.25) is 0 Å². The average Bonchev–Trinajstić information content (AvgIpc) is 2.44. The van der Waals surface area contributed by atoms with Gasteiger partial charge in [-0.05, 0) is 38.3 Å². The Kier molecular flexibility index (Phi) is 7.57. The molecule has 1 atom stereocenters. The number of carboxylic acids is 1. The molecule has 25 heavy (non-hydrogen) atoms. The van der Waals surface area contributed by atoms with Gasteiger partial charge in [0.2, 0.25) is 15.9 Å². The van der Waals surface area contributed by atoms with Gasteiger partial charge in [-0.1, -0.05) is 31.0 Å². The maximum absolute atomic E-state index is 12.5. The van der Waals surface area contributed by atoms with Crippen molar-refractivity contribution in [2.24, 2.45) is 0 Å². The lowest BCUT2D eigenvalue weighted by Gasteiger charge is -2.15. The smallest absolute Gasteiger partial charge is 0.326 e. The molecule has 0 saturated carbocycles. The highest BCUT2D eigenvalue weighted by atomic mass is 32.2. The normalized spacial score (nSPS) is 12.6. The quantitative estimate of drug-likeness (QED) is 0.612. The highest BCUT2D eigenvalue weighted by Crippen LogP contribution is 2.21. The number of hydrogen-bond acceptors (Lipinski definition) is 4. The predicted octanol–water partition coefficient (Wildman–Crippen LogP) is 1.65. The molecule has 0 aliphatic rings. The van der Waals surface area contributed by atoms with Gasteiger partial charge in [-0.15, -0.1) is 0 Å². The van der Waals surface area contributed by atoms with E-state index >= 15 is 0 Å². The van der Waals surface area contributed by atoms with Gasteiger partial charge in [-0.25, -0.2) is 17.9 Å². The second kappa shape index (κ2) is 8.96. The van der Waals surface area contributed by atoms with Gasteiger partial charge >= 0.3 is 5.97 Å². The fraction of sp³-hybridized carbons (Fsp3) is 0.529. The minimum absolute atomic E-state index is 0.0978. The molecule has 1 unspecified atom stereocenters. The minimum atomic E-state index is -3.74.